The van der Waals surface area contributed by atoms with Gasteiger partial charge in [-0.05, 0) is 36.2 Å². The lowest BCUT2D eigenvalue weighted by molar-refractivity contribution is 0.0992. The quantitative estimate of drug-likeness (QED) is 0.900. The van der Waals surface area contributed by atoms with Crippen LogP contribution >= 0.6 is 11.3 Å². The van der Waals surface area contributed by atoms with Crippen molar-refractivity contribution in [1.82, 2.24) is 15.5 Å². The average Bonchev–Trinajstić information content (AvgIpc) is 2.99. The number of amides is 1. The predicted octanol–water partition coefficient (Wildman–Crippen LogP) is 1.46. The van der Waals surface area contributed by atoms with Crippen molar-refractivity contribution in [2.45, 2.75) is 13.0 Å². The number of anilines is 1. The maximum Gasteiger partial charge on any atom is 0.259 e. The Labute approximate surface area is 115 Å². The highest BCUT2D eigenvalue weighted by Gasteiger charge is 2.18. The van der Waals surface area contributed by atoms with Crippen molar-refractivity contribution in [3.63, 3.8) is 0 Å². The smallest absolute Gasteiger partial charge is 0.259 e. The summed E-state index contributed by atoms with van der Waals surface area (Å²) in [4.78, 5) is 13.9. The molecule has 0 unspecified atom stereocenters. The fraction of sp³-hybridized carbons (Fsp3) is 0.308. The van der Waals surface area contributed by atoms with Crippen molar-refractivity contribution in [3.05, 3.63) is 40.4 Å². The van der Waals surface area contributed by atoms with E-state index in [1.807, 2.05) is 18.2 Å². The number of rotatable bonds is 2. The Balaban J connectivity index is 1.87. The molecule has 0 radical (unpaired) electrons. The van der Waals surface area contributed by atoms with E-state index in [1.165, 1.54) is 22.5 Å². The summed E-state index contributed by atoms with van der Waals surface area (Å²) in [7, 11) is 1.73. The van der Waals surface area contributed by atoms with E-state index in [4.69, 9.17) is 0 Å². The lowest BCUT2D eigenvalue weighted by atomic mass is 9.98. The minimum absolute atomic E-state index is 0.0434. The maximum absolute atomic E-state index is 12.4. The van der Waals surface area contributed by atoms with Crippen LogP contribution in [0.2, 0.25) is 0 Å². The Morgan fingerprint density at radius 1 is 1.42 bits per heavy atom. The number of nitrogens with zero attached hydrogens (tertiary/aromatic N) is 3. The van der Waals surface area contributed by atoms with Gasteiger partial charge in [-0.25, -0.2) is 0 Å². The van der Waals surface area contributed by atoms with Crippen LogP contribution in [-0.4, -0.2) is 29.7 Å². The molecule has 1 aromatic heterocycles. The van der Waals surface area contributed by atoms with Gasteiger partial charge >= 0.3 is 0 Å². The van der Waals surface area contributed by atoms with Crippen molar-refractivity contribution in [2.24, 2.45) is 0 Å². The zero-order valence-electron chi connectivity index (χ0n) is 10.6. The van der Waals surface area contributed by atoms with Gasteiger partial charge in [0.2, 0.25) is 5.13 Å². The van der Waals surface area contributed by atoms with Gasteiger partial charge < -0.3 is 5.32 Å². The minimum atomic E-state index is -0.0434. The highest BCUT2D eigenvalue weighted by Crippen LogP contribution is 2.20. The van der Waals surface area contributed by atoms with E-state index in [-0.39, 0.29) is 5.91 Å². The average molecular weight is 274 g/mol. The number of carbonyl (C=O) groups is 1. The zero-order valence-corrected chi connectivity index (χ0v) is 11.4. The van der Waals surface area contributed by atoms with E-state index < -0.39 is 0 Å². The van der Waals surface area contributed by atoms with Crippen LogP contribution < -0.4 is 10.2 Å². The first-order valence-electron chi connectivity index (χ1n) is 6.12. The molecule has 5 nitrogen and oxygen atoms in total. The van der Waals surface area contributed by atoms with Crippen LogP contribution in [0.3, 0.4) is 0 Å². The van der Waals surface area contributed by atoms with Crippen LogP contribution in [0.15, 0.2) is 23.7 Å². The lowest BCUT2D eigenvalue weighted by Crippen LogP contribution is -2.28. The summed E-state index contributed by atoms with van der Waals surface area (Å²) in [6.45, 7) is 1.85. The molecule has 1 aliphatic rings. The van der Waals surface area contributed by atoms with E-state index in [2.05, 4.69) is 15.5 Å². The Hall–Kier alpha value is -1.79. The molecule has 2 aromatic rings. The Bertz CT molecular complexity index is 597. The summed E-state index contributed by atoms with van der Waals surface area (Å²) in [6.07, 6.45) is 0.971. The summed E-state index contributed by atoms with van der Waals surface area (Å²) >= 11 is 1.36. The number of nitrogens with one attached hydrogen (secondary N) is 1. The molecule has 0 aliphatic carbocycles. The van der Waals surface area contributed by atoms with Crippen LogP contribution in [0.5, 0.6) is 0 Å². The molecule has 0 spiro atoms. The second kappa shape index (κ2) is 5.07. The van der Waals surface area contributed by atoms with Gasteiger partial charge in [0.25, 0.3) is 5.91 Å². The van der Waals surface area contributed by atoms with Crippen LogP contribution in [0, 0.1) is 0 Å². The number of hydrogen-bond acceptors (Lipinski definition) is 5. The molecule has 0 fully saturated rings. The molecule has 1 aromatic carbocycles. The Morgan fingerprint density at radius 3 is 3.11 bits per heavy atom. The molecular formula is C13H14N4OS. The standard InChI is InChI=1S/C13H14N4OS/c1-17(13-16-15-8-19-13)12(18)10-2-3-11-7-14-5-4-9(11)6-10/h2-3,6,8,14H,4-5,7H2,1H3. The fourth-order valence-electron chi connectivity index (χ4n) is 2.20. The zero-order chi connectivity index (χ0) is 13.2. The second-order valence-electron chi connectivity index (χ2n) is 4.50. The second-order valence-corrected chi connectivity index (χ2v) is 5.31. The molecule has 98 valence electrons. The maximum atomic E-state index is 12.4. The molecule has 2 heterocycles. The molecule has 0 bridgehead atoms. The third-order valence-electron chi connectivity index (χ3n) is 3.28. The highest BCUT2D eigenvalue weighted by molar-refractivity contribution is 7.13. The number of benzene rings is 1. The van der Waals surface area contributed by atoms with E-state index in [1.54, 1.807) is 17.5 Å². The number of carbonyl (C=O) groups excluding carboxylic acids is 1. The first kappa shape index (κ1) is 12.3. The van der Waals surface area contributed by atoms with Gasteiger partial charge in [0.1, 0.15) is 5.51 Å². The molecule has 0 saturated heterocycles. The number of hydrogen-bond donors (Lipinski definition) is 1. The molecule has 0 saturated carbocycles. The van der Waals surface area contributed by atoms with E-state index >= 15 is 0 Å². The van der Waals surface area contributed by atoms with Gasteiger partial charge in [-0.15, -0.1) is 10.2 Å². The molecule has 19 heavy (non-hydrogen) atoms. The third kappa shape index (κ3) is 2.36. The Kier molecular flexibility index (Phi) is 3.27. The Morgan fingerprint density at radius 2 is 2.32 bits per heavy atom. The summed E-state index contributed by atoms with van der Waals surface area (Å²) < 4.78 is 0. The normalized spacial score (nSPS) is 13.9. The van der Waals surface area contributed by atoms with Gasteiger partial charge in [0, 0.05) is 19.2 Å². The first-order chi connectivity index (χ1) is 9.25. The molecule has 3 rings (SSSR count). The number of aromatic nitrogens is 2. The largest absolute Gasteiger partial charge is 0.312 e. The molecule has 1 amide bonds. The summed E-state index contributed by atoms with van der Waals surface area (Å²) in [5.41, 5.74) is 4.87. The summed E-state index contributed by atoms with van der Waals surface area (Å²) in [5.74, 6) is -0.0434. The van der Waals surface area contributed by atoms with Crippen LogP contribution in [-0.2, 0) is 13.0 Å². The van der Waals surface area contributed by atoms with Crippen LogP contribution in [0.1, 0.15) is 21.5 Å². The fourth-order valence-corrected chi connectivity index (χ4v) is 2.73. The van der Waals surface area contributed by atoms with Gasteiger partial charge in [-0.1, -0.05) is 17.4 Å². The van der Waals surface area contributed by atoms with Gasteiger partial charge in [-0.2, -0.15) is 0 Å². The van der Waals surface area contributed by atoms with Gasteiger partial charge in [0.15, 0.2) is 0 Å². The van der Waals surface area contributed by atoms with Gasteiger partial charge in [-0.3, -0.25) is 9.69 Å². The monoisotopic (exact) mass is 274 g/mol. The SMILES string of the molecule is CN(C(=O)c1ccc2c(c1)CCNC2)c1nncs1. The van der Waals surface area contributed by atoms with Gasteiger partial charge in [0.05, 0.1) is 0 Å². The molecule has 6 heteroatoms. The van der Waals surface area contributed by atoms with E-state index in [0.29, 0.717) is 10.7 Å². The molecule has 1 N–H and O–H groups in total. The van der Waals surface area contributed by atoms with Crippen LogP contribution in [0.4, 0.5) is 5.13 Å². The van der Waals surface area contributed by atoms with Crippen LogP contribution in [0.25, 0.3) is 0 Å². The van der Waals surface area contributed by atoms with Crippen molar-refractivity contribution < 1.29 is 4.79 Å². The minimum Gasteiger partial charge on any atom is -0.312 e. The topological polar surface area (TPSA) is 58.1 Å². The van der Waals surface area contributed by atoms with Crippen molar-refractivity contribution in [1.29, 1.82) is 0 Å². The predicted molar refractivity (Wildman–Crippen MR) is 74.5 cm³/mol. The van der Waals surface area contributed by atoms with E-state index in [9.17, 15) is 4.79 Å². The third-order valence-corrected chi connectivity index (χ3v) is 4.05. The lowest BCUT2D eigenvalue weighted by Gasteiger charge is -2.19. The molecular weight excluding hydrogens is 260 g/mol. The summed E-state index contributed by atoms with van der Waals surface area (Å²) in [5, 5.41) is 11.6. The van der Waals surface area contributed by atoms with E-state index in [0.717, 1.165) is 19.5 Å². The van der Waals surface area contributed by atoms with Crippen molar-refractivity contribution >= 4 is 22.4 Å². The van der Waals surface area contributed by atoms with Crippen molar-refractivity contribution in [2.75, 3.05) is 18.5 Å². The molecule has 1 aliphatic heterocycles. The molecule has 0 atom stereocenters. The first-order valence-corrected chi connectivity index (χ1v) is 7.00. The van der Waals surface area contributed by atoms with Crippen molar-refractivity contribution in [3.8, 4) is 0 Å². The highest BCUT2D eigenvalue weighted by atomic mass is 32.1. The number of fused-ring (bicyclic) bond motifs is 1. The summed E-state index contributed by atoms with van der Waals surface area (Å²) in [6, 6.07) is 5.91.